The SMILES string of the molecule is CC(C)OC(=O)NS(=O)(=O)Nc1ccccc1C(=O)O. The number of aromatic carboxylic acids is 1. The van der Waals surface area contributed by atoms with Crippen LogP contribution in [-0.4, -0.2) is 31.7 Å². The summed E-state index contributed by atoms with van der Waals surface area (Å²) in [6.45, 7) is 3.11. The third kappa shape index (κ3) is 4.76. The van der Waals surface area contributed by atoms with Crippen molar-refractivity contribution in [2.24, 2.45) is 0 Å². The largest absolute Gasteiger partial charge is 0.478 e. The lowest BCUT2D eigenvalue weighted by Crippen LogP contribution is -2.37. The molecule has 1 amide bonds. The van der Waals surface area contributed by atoms with Crippen molar-refractivity contribution in [3.63, 3.8) is 0 Å². The molecule has 0 aliphatic carbocycles. The van der Waals surface area contributed by atoms with E-state index >= 15 is 0 Å². The summed E-state index contributed by atoms with van der Waals surface area (Å²) in [5.74, 6) is -1.30. The molecule has 20 heavy (non-hydrogen) atoms. The molecule has 0 fully saturated rings. The average Bonchev–Trinajstić information content (AvgIpc) is 2.26. The Labute approximate surface area is 115 Å². The lowest BCUT2D eigenvalue weighted by atomic mass is 10.2. The monoisotopic (exact) mass is 302 g/mol. The van der Waals surface area contributed by atoms with Crippen molar-refractivity contribution in [3.05, 3.63) is 29.8 Å². The number of anilines is 1. The molecular formula is C11H14N2O6S. The summed E-state index contributed by atoms with van der Waals surface area (Å²) in [5.41, 5.74) is -0.403. The number of ether oxygens (including phenoxy) is 1. The van der Waals surface area contributed by atoms with Gasteiger partial charge in [0.05, 0.1) is 17.4 Å². The van der Waals surface area contributed by atoms with Crippen LogP contribution in [0.25, 0.3) is 0 Å². The van der Waals surface area contributed by atoms with E-state index in [0.29, 0.717) is 0 Å². The third-order valence-corrected chi connectivity index (χ3v) is 2.89. The lowest BCUT2D eigenvalue weighted by Gasteiger charge is -2.12. The first kappa shape index (κ1) is 15.8. The van der Waals surface area contributed by atoms with Crippen LogP contribution in [0.1, 0.15) is 24.2 Å². The van der Waals surface area contributed by atoms with Crippen LogP contribution in [-0.2, 0) is 14.9 Å². The van der Waals surface area contributed by atoms with E-state index in [-0.39, 0.29) is 11.3 Å². The van der Waals surface area contributed by atoms with Crippen LogP contribution in [0.15, 0.2) is 24.3 Å². The fourth-order valence-corrected chi connectivity index (χ4v) is 2.06. The van der Waals surface area contributed by atoms with Gasteiger partial charge < -0.3 is 9.84 Å². The van der Waals surface area contributed by atoms with E-state index in [1.54, 1.807) is 18.6 Å². The molecule has 0 radical (unpaired) electrons. The first-order chi connectivity index (χ1) is 9.21. The number of hydrogen-bond donors (Lipinski definition) is 3. The van der Waals surface area contributed by atoms with E-state index in [0.717, 1.165) is 0 Å². The topological polar surface area (TPSA) is 122 Å². The van der Waals surface area contributed by atoms with Gasteiger partial charge in [-0.2, -0.15) is 8.42 Å². The number of para-hydroxylation sites is 1. The highest BCUT2D eigenvalue weighted by molar-refractivity contribution is 7.91. The van der Waals surface area contributed by atoms with Crippen molar-refractivity contribution >= 4 is 28.0 Å². The van der Waals surface area contributed by atoms with Gasteiger partial charge in [0.2, 0.25) is 0 Å². The highest BCUT2D eigenvalue weighted by atomic mass is 32.2. The molecule has 0 bridgehead atoms. The lowest BCUT2D eigenvalue weighted by molar-refractivity contribution is 0.0698. The molecule has 1 rings (SSSR count). The molecule has 9 heteroatoms. The fourth-order valence-electron chi connectivity index (χ4n) is 1.28. The number of carbonyl (C=O) groups is 2. The number of carbonyl (C=O) groups excluding carboxylic acids is 1. The molecule has 0 atom stereocenters. The molecule has 0 aliphatic heterocycles. The maximum Gasteiger partial charge on any atom is 0.422 e. The summed E-state index contributed by atoms with van der Waals surface area (Å²) in [7, 11) is -4.27. The number of benzene rings is 1. The van der Waals surface area contributed by atoms with Crippen LogP contribution in [0.3, 0.4) is 0 Å². The number of nitrogens with one attached hydrogen (secondary N) is 2. The van der Waals surface area contributed by atoms with Crippen LogP contribution in [0.2, 0.25) is 0 Å². The zero-order chi connectivity index (χ0) is 15.3. The van der Waals surface area contributed by atoms with Gasteiger partial charge in [-0.05, 0) is 26.0 Å². The van der Waals surface area contributed by atoms with E-state index in [2.05, 4.69) is 4.74 Å². The first-order valence-corrected chi connectivity index (χ1v) is 7.03. The molecule has 0 saturated carbocycles. The van der Waals surface area contributed by atoms with Crippen molar-refractivity contribution in [3.8, 4) is 0 Å². The Balaban J connectivity index is 2.87. The Morgan fingerprint density at radius 3 is 2.40 bits per heavy atom. The van der Waals surface area contributed by atoms with Crippen molar-refractivity contribution in [1.29, 1.82) is 0 Å². The summed E-state index contributed by atoms with van der Waals surface area (Å²) in [5, 5.41) is 8.92. The predicted molar refractivity (Wildman–Crippen MR) is 70.7 cm³/mol. The number of carboxylic acids is 1. The van der Waals surface area contributed by atoms with Crippen LogP contribution in [0, 0.1) is 0 Å². The summed E-state index contributed by atoms with van der Waals surface area (Å²) in [6, 6.07) is 5.39. The minimum absolute atomic E-state index is 0.162. The maximum atomic E-state index is 11.7. The summed E-state index contributed by atoms with van der Waals surface area (Å²) in [6.07, 6.45) is -1.64. The standard InChI is InChI=1S/C11H14N2O6S/c1-7(2)19-11(16)13-20(17,18)12-9-6-4-3-5-8(9)10(14)15/h3-7,12H,1-2H3,(H,13,16)(H,14,15). The highest BCUT2D eigenvalue weighted by Crippen LogP contribution is 2.15. The molecule has 0 saturated heterocycles. The quantitative estimate of drug-likeness (QED) is 0.750. The summed E-state index contributed by atoms with van der Waals surface area (Å²) in [4.78, 5) is 22.1. The molecule has 8 nitrogen and oxygen atoms in total. The Kier molecular flexibility index (Phi) is 4.92. The second-order valence-electron chi connectivity index (χ2n) is 4.01. The van der Waals surface area contributed by atoms with Gasteiger partial charge in [-0.3, -0.25) is 4.72 Å². The fraction of sp³-hybridized carbons (Fsp3) is 0.273. The molecule has 0 aromatic heterocycles. The Morgan fingerprint density at radius 1 is 1.25 bits per heavy atom. The van der Waals surface area contributed by atoms with Gasteiger partial charge >= 0.3 is 22.3 Å². The maximum absolute atomic E-state index is 11.7. The zero-order valence-electron chi connectivity index (χ0n) is 10.8. The molecule has 0 heterocycles. The second-order valence-corrected chi connectivity index (χ2v) is 5.43. The number of carboxylic acid groups (broad SMARTS) is 1. The van der Waals surface area contributed by atoms with E-state index in [9.17, 15) is 18.0 Å². The van der Waals surface area contributed by atoms with Crippen molar-refractivity contribution < 1.29 is 27.9 Å². The van der Waals surface area contributed by atoms with Gasteiger partial charge in [-0.15, -0.1) is 0 Å². The Morgan fingerprint density at radius 2 is 1.85 bits per heavy atom. The van der Waals surface area contributed by atoms with Crippen LogP contribution in [0.4, 0.5) is 10.5 Å². The molecule has 110 valence electrons. The summed E-state index contributed by atoms with van der Waals surface area (Å²) >= 11 is 0. The molecule has 0 unspecified atom stereocenters. The van der Waals surface area contributed by atoms with Crippen LogP contribution >= 0.6 is 0 Å². The van der Waals surface area contributed by atoms with Gasteiger partial charge in [0.25, 0.3) is 0 Å². The first-order valence-electron chi connectivity index (χ1n) is 5.55. The predicted octanol–water partition coefficient (Wildman–Crippen LogP) is 1.18. The normalized spacial score (nSPS) is 10.9. The molecule has 1 aromatic carbocycles. The highest BCUT2D eigenvalue weighted by Gasteiger charge is 2.19. The minimum Gasteiger partial charge on any atom is -0.478 e. The van der Waals surface area contributed by atoms with Crippen LogP contribution < -0.4 is 9.44 Å². The van der Waals surface area contributed by atoms with E-state index in [1.165, 1.54) is 24.3 Å². The van der Waals surface area contributed by atoms with Crippen molar-refractivity contribution in [2.75, 3.05) is 4.72 Å². The van der Waals surface area contributed by atoms with Gasteiger partial charge in [0, 0.05) is 0 Å². The Hall–Kier alpha value is -2.29. The van der Waals surface area contributed by atoms with E-state index in [1.807, 2.05) is 4.72 Å². The van der Waals surface area contributed by atoms with Gasteiger partial charge in [-0.1, -0.05) is 12.1 Å². The van der Waals surface area contributed by atoms with Crippen LogP contribution in [0.5, 0.6) is 0 Å². The zero-order valence-corrected chi connectivity index (χ0v) is 11.6. The van der Waals surface area contributed by atoms with Gasteiger partial charge in [-0.25, -0.2) is 14.3 Å². The second kappa shape index (κ2) is 6.24. The smallest absolute Gasteiger partial charge is 0.422 e. The number of hydrogen-bond acceptors (Lipinski definition) is 5. The van der Waals surface area contributed by atoms with E-state index in [4.69, 9.17) is 5.11 Å². The van der Waals surface area contributed by atoms with E-state index < -0.39 is 28.4 Å². The number of amides is 1. The average molecular weight is 302 g/mol. The Bertz CT molecular complexity index is 611. The molecule has 0 aliphatic rings. The summed E-state index contributed by atoms with van der Waals surface area (Å²) < 4.78 is 31.5. The van der Waals surface area contributed by atoms with Gasteiger partial charge in [0.1, 0.15) is 0 Å². The van der Waals surface area contributed by atoms with Crippen molar-refractivity contribution in [1.82, 2.24) is 4.72 Å². The van der Waals surface area contributed by atoms with Crippen molar-refractivity contribution in [2.45, 2.75) is 20.0 Å². The third-order valence-electron chi connectivity index (χ3n) is 1.96. The minimum atomic E-state index is -4.27. The molecule has 1 aromatic rings. The molecule has 0 spiro atoms. The molecular weight excluding hydrogens is 288 g/mol. The van der Waals surface area contributed by atoms with Gasteiger partial charge in [0.15, 0.2) is 0 Å². The molecule has 3 N–H and O–H groups in total. The number of rotatable bonds is 5.